The van der Waals surface area contributed by atoms with E-state index in [4.69, 9.17) is 0 Å². The van der Waals surface area contributed by atoms with E-state index in [0.717, 1.165) is 11.0 Å². The molecule has 0 aliphatic carbocycles. The van der Waals surface area contributed by atoms with Crippen LogP contribution < -0.4 is 0 Å². The van der Waals surface area contributed by atoms with E-state index >= 15 is 0 Å². The predicted octanol–water partition coefficient (Wildman–Crippen LogP) is 2.68. The van der Waals surface area contributed by atoms with Gasteiger partial charge in [0, 0.05) is 12.1 Å². The van der Waals surface area contributed by atoms with Crippen molar-refractivity contribution >= 4 is 16.7 Å². The van der Waals surface area contributed by atoms with Crippen LogP contribution in [0.2, 0.25) is 0 Å². The van der Waals surface area contributed by atoms with Crippen LogP contribution >= 0.6 is 0 Å². The molecule has 0 amide bonds. The van der Waals surface area contributed by atoms with Gasteiger partial charge in [0.25, 0.3) is 5.69 Å². The van der Waals surface area contributed by atoms with E-state index in [1.54, 1.807) is 18.5 Å². The second-order valence-corrected chi connectivity index (χ2v) is 4.75. The van der Waals surface area contributed by atoms with Gasteiger partial charge in [0.1, 0.15) is 0 Å². The molecule has 1 unspecified atom stereocenters. The molecule has 2 aromatic carbocycles. The Bertz CT molecular complexity index is 780. The number of aromatic nitrogens is 2. The molecule has 0 spiro atoms. The standard InChI is InChI=1S/C15H13N3O3/c19-15(11-5-7-12(8-6-11)18(20)21)9-17-10-16-13-3-1-2-4-14(13)17/h1-8,10,15,19H,9H2. The molecule has 1 N–H and O–H groups in total. The highest BCUT2D eigenvalue weighted by molar-refractivity contribution is 5.74. The Morgan fingerprint density at radius 2 is 1.90 bits per heavy atom. The van der Waals surface area contributed by atoms with Crippen LogP contribution in [0.25, 0.3) is 11.0 Å². The molecule has 0 aliphatic rings. The fourth-order valence-corrected chi connectivity index (χ4v) is 2.27. The van der Waals surface area contributed by atoms with Crippen LogP contribution in [0.3, 0.4) is 0 Å². The Balaban J connectivity index is 1.82. The second-order valence-electron chi connectivity index (χ2n) is 4.75. The molecule has 21 heavy (non-hydrogen) atoms. The summed E-state index contributed by atoms with van der Waals surface area (Å²) in [5.74, 6) is 0. The lowest BCUT2D eigenvalue weighted by atomic mass is 10.1. The summed E-state index contributed by atoms with van der Waals surface area (Å²) in [6.07, 6.45) is 0.933. The van der Waals surface area contributed by atoms with Gasteiger partial charge in [0.2, 0.25) is 0 Å². The number of aliphatic hydroxyl groups excluding tert-OH is 1. The molecule has 1 heterocycles. The van der Waals surface area contributed by atoms with Crippen molar-refractivity contribution in [2.75, 3.05) is 0 Å². The van der Waals surface area contributed by atoms with E-state index in [-0.39, 0.29) is 5.69 Å². The van der Waals surface area contributed by atoms with Crippen LogP contribution in [0.5, 0.6) is 0 Å². The number of benzene rings is 2. The smallest absolute Gasteiger partial charge is 0.269 e. The summed E-state index contributed by atoms with van der Waals surface area (Å²) < 4.78 is 1.86. The van der Waals surface area contributed by atoms with E-state index in [0.29, 0.717) is 12.1 Å². The topological polar surface area (TPSA) is 81.2 Å². The first-order chi connectivity index (χ1) is 10.1. The quantitative estimate of drug-likeness (QED) is 0.589. The van der Waals surface area contributed by atoms with Crippen molar-refractivity contribution in [1.29, 1.82) is 0 Å². The van der Waals surface area contributed by atoms with Crippen LogP contribution in [0, 0.1) is 10.1 Å². The minimum Gasteiger partial charge on any atom is -0.387 e. The number of nitro groups is 1. The first-order valence-corrected chi connectivity index (χ1v) is 6.47. The van der Waals surface area contributed by atoms with Gasteiger partial charge in [-0.05, 0) is 29.8 Å². The van der Waals surface area contributed by atoms with Crippen molar-refractivity contribution in [3.63, 3.8) is 0 Å². The fourth-order valence-electron chi connectivity index (χ4n) is 2.27. The molecular formula is C15H13N3O3. The summed E-state index contributed by atoms with van der Waals surface area (Å²) in [6.45, 7) is 0.346. The van der Waals surface area contributed by atoms with Gasteiger partial charge in [0.05, 0.1) is 34.9 Å². The van der Waals surface area contributed by atoms with Gasteiger partial charge in [-0.3, -0.25) is 10.1 Å². The van der Waals surface area contributed by atoms with Gasteiger partial charge >= 0.3 is 0 Å². The Morgan fingerprint density at radius 3 is 2.62 bits per heavy atom. The van der Waals surface area contributed by atoms with Crippen LogP contribution in [0.4, 0.5) is 5.69 Å². The summed E-state index contributed by atoms with van der Waals surface area (Å²) in [4.78, 5) is 14.4. The van der Waals surface area contributed by atoms with Gasteiger partial charge < -0.3 is 9.67 Å². The predicted molar refractivity (Wildman–Crippen MR) is 77.8 cm³/mol. The number of hydrogen-bond acceptors (Lipinski definition) is 4. The van der Waals surface area contributed by atoms with Crippen LogP contribution in [-0.4, -0.2) is 19.6 Å². The molecule has 106 valence electrons. The molecule has 0 aliphatic heterocycles. The number of nitrogens with zero attached hydrogens (tertiary/aromatic N) is 3. The van der Waals surface area contributed by atoms with Crippen molar-refractivity contribution in [2.45, 2.75) is 12.6 Å². The van der Waals surface area contributed by atoms with Crippen LogP contribution in [0.1, 0.15) is 11.7 Å². The Hall–Kier alpha value is -2.73. The van der Waals surface area contributed by atoms with Gasteiger partial charge in [-0.1, -0.05) is 12.1 Å². The molecule has 3 rings (SSSR count). The monoisotopic (exact) mass is 283 g/mol. The van der Waals surface area contributed by atoms with Crippen molar-refractivity contribution in [3.8, 4) is 0 Å². The van der Waals surface area contributed by atoms with Crippen molar-refractivity contribution < 1.29 is 10.0 Å². The van der Waals surface area contributed by atoms with E-state index < -0.39 is 11.0 Å². The molecule has 1 atom stereocenters. The van der Waals surface area contributed by atoms with E-state index in [1.807, 2.05) is 28.8 Å². The molecular weight excluding hydrogens is 270 g/mol. The van der Waals surface area contributed by atoms with Gasteiger partial charge in [0.15, 0.2) is 0 Å². The number of rotatable bonds is 4. The SMILES string of the molecule is O=[N+]([O-])c1ccc(C(O)Cn2cnc3ccccc32)cc1. The maximum Gasteiger partial charge on any atom is 0.269 e. The molecule has 6 nitrogen and oxygen atoms in total. The lowest BCUT2D eigenvalue weighted by Gasteiger charge is -2.12. The Kier molecular flexibility index (Phi) is 3.37. The van der Waals surface area contributed by atoms with Gasteiger partial charge in [-0.2, -0.15) is 0 Å². The third-order valence-corrected chi connectivity index (χ3v) is 3.39. The highest BCUT2D eigenvalue weighted by Crippen LogP contribution is 2.21. The van der Waals surface area contributed by atoms with E-state index in [9.17, 15) is 15.2 Å². The van der Waals surface area contributed by atoms with Crippen molar-refractivity contribution in [1.82, 2.24) is 9.55 Å². The minimum atomic E-state index is -0.747. The third kappa shape index (κ3) is 2.61. The van der Waals surface area contributed by atoms with Gasteiger partial charge in [-0.25, -0.2) is 4.98 Å². The summed E-state index contributed by atoms with van der Waals surface area (Å²) in [6, 6.07) is 13.6. The van der Waals surface area contributed by atoms with E-state index in [1.165, 1.54) is 12.1 Å². The first-order valence-electron chi connectivity index (χ1n) is 6.47. The fraction of sp³-hybridized carbons (Fsp3) is 0.133. The van der Waals surface area contributed by atoms with Crippen LogP contribution in [-0.2, 0) is 6.54 Å². The number of para-hydroxylation sites is 2. The highest BCUT2D eigenvalue weighted by Gasteiger charge is 2.12. The number of hydrogen-bond donors (Lipinski definition) is 1. The largest absolute Gasteiger partial charge is 0.387 e. The number of imidazole rings is 1. The number of aliphatic hydroxyl groups is 1. The summed E-state index contributed by atoms with van der Waals surface area (Å²) >= 11 is 0. The second kappa shape index (κ2) is 5.34. The normalized spacial score (nSPS) is 12.4. The maximum atomic E-state index is 10.6. The minimum absolute atomic E-state index is 0.0130. The summed E-state index contributed by atoms with van der Waals surface area (Å²) in [5.41, 5.74) is 2.46. The lowest BCUT2D eigenvalue weighted by Crippen LogP contribution is -2.07. The average molecular weight is 283 g/mol. The first kappa shape index (κ1) is 13.3. The molecule has 0 fully saturated rings. The molecule has 1 aromatic heterocycles. The molecule has 3 aromatic rings. The number of nitro benzene ring substituents is 1. The number of fused-ring (bicyclic) bond motifs is 1. The number of non-ortho nitro benzene ring substituents is 1. The highest BCUT2D eigenvalue weighted by atomic mass is 16.6. The summed E-state index contributed by atoms with van der Waals surface area (Å²) in [7, 11) is 0. The molecule has 6 heteroatoms. The Morgan fingerprint density at radius 1 is 1.19 bits per heavy atom. The molecule has 0 saturated heterocycles. The van der Waals surface area contributed by atoms with Crippen molar-refractivity contribution in [2.24, 2.45) is 0 Å². The third-order valence-electron chi connectivity index (χ3n) is 3.39. The molecule has 0 radical (unpaired) electrons. The molecule has 0 bridgehead atoms. The zero-order chi connectivity index (χ0) is 14.8. The zero-order valence-electron chi connectivity index (χ0n) is 11.1. The zero-order valence-corrected chi connectivity index (χ0v) is 11.1. The van der Waals surface area contributed by atoms with Crippen molar-refractivity contribution in [3.05, 3.63) is 70.5 Å². The van der Waals surface area contributed by atoms with Crippen LogP contribution in [0.15, 0.2) is 54.9 Å². The molecule has 0 saturated carbocycles. The Labute approximate surface area is 120 Å². The lowest BCUT2D eigenvalue weighted by molar-refractivity contribution is -0.384. The average Bonchev–Trinajstić information content (AvgIpc) is 2.91. The van der Waals surface area contributed by atoms with E-state index in [2.05, 4.69) is 4.98 Å². The van der Waals surface area contributed by atoms with Gasteiger partial charge in [-0.15, -0.1) is 0 Å². The maximum absolute atomic E-state index is 10.6. The summed E-state index contributed by atoms with van der Waals surface area (Å²) in [5, 5.41) is 20.9.